The molecule has 0 aliphatic rings. The standard InChI is InChI=1S/C15H15BrO4/c1-2-19-13(15(17)18)9-20-12-8-7-10-5-3-4-6-11(10)14(12)16/h3-8,13H,2,9H2,1H3,(H,17,18). The summed E-state index contributed by atoms with van der Waals surface area (Å²) in [4.78, 5) is 11.0. The largest absolute Gasteiger partial charge is 0.489 e. The van der Waals surface area contributed by atoms with Gasteiger partial charge in [-0.2, -0.15) is 0 Å². The molecular formula is C15H15BrO4. The first-order valence-corrected chi connectivity index (χ1v) is 7.07. The summed E-state index contributed by atoms with van der Waals surface area (Å²) in [5.41, 5.74) is 0. The van der Waals surface area contributed by atoms with Crippen molar-refractivity contribution in [2.45, 2.75) is 13.0 Å². The van der Waals surface area contributed by atoms with Crippen molar-refractivity contribution in [3.63, 3.8) is 0 Å². The lowest BCUT2D eigenvalue weighted by molar-refractivity contribution is -0.152. The van der Waals surface area contributed by atoms with Crippen LogP contribution in [0, 0.1) is 0 Å². The number of hydrogen-bond donors (Lipinski definition) is 1. The minimum absolute atomic E-state index is 0.0277. The van der Waals surface area contributed by atoms with Gasteiger partial charge >= 0.3 is 5.97 Å². The third-order valence-electron chi connectivity index (χ3n) is 2.86. The van der Waals surface area contributed by atoms with Crippen molar-refractivity contribution in [1.29, 1.82) is 0 Å². The number of carboxylic acids is 1. The highest BCUT2D eigenvalue weighted by molar-refractivity contribution is 9.10. The summed E-state index contributed by atoms with van der Waals surface area (Å²) in [6.45, 7) is 2.06. The number of rotatable bonds is 6. The fourth-order valence-electron chi connectivity index (χ4n) is 1.88. The number of fused-ring (bicyclic) bond motifs is 1. The minimum atomic E-state index is -1.02. The maximum atomic E-state index is 11.0. The molecule has 1 atom stereocenters. The topological polar surface area (TPSA) is 55.8 Å². The van der Waals surface area contributed by atoms with Crippen LogP contribution in [-0.2, 0) is 9.53 Å². The van der Waals surface area contributed by atoms with Crippen molar-refractivity contribution in [2.75, 3.05) is 13.2 Å². The van der Waals surface area contributed by atoms with E-state index < -0.39 is 12.1 Å². The second-order valence-electron chi connectivity index (χ2n) is 4.19. The van der Waals surface area contributed by atoms with Crippen molar-refractivity contribution in [1.82, 2.24) is 0 Å². The van der Waals surface area contributed by atoms with Gasteiger partial charge in [0.1, 0.15) is 12.4 Å². The highest BCUT2D eigenvalue weighted by Gasteiger charge is 2.19. The van der Waals surface area contributed by atoms with E-state index in [1.165, 1.54) is 0 Å². The van der Waals surface area contributed by atoms with Gasteiger partial charge in [-0.05, 0) is 39.7 Å². The Labute approximate surface area is 125 Å². The molecule has 4 nitrogen and oxygen atoms in total. The first-order valence-electron chi connectivity index (χ1n) is 6.28. The smallest absolute Gasteiger partial charge is 0.336 e. The number of carboxylic acid groups (broad SMARTS) is 1. The van der Waals surface area contributed by atoms with Crippen LogP contribution in [0.3, 0.4) is 0 Å². The van der Waals surface area contributed by atoms with Gasteiger partial charge in [-0.1, -0.05) is 30.3 Å². The molecule has 0 aliphatic carbocycles. The van der Waals surface area contributed by atoms with Crippen molar-refractivity contribution in [2.24, 2.45) is 0 Å². The molecule has 0 saturated heterocycles. The number of aliphatic carboxylic acids is 1. The molecule has 0 amide bonds. The van der Waals surface area contributed by atoms with Crippen molar-refractivity contribution in [3.05, 3.63) is 40.9 Å². The third-order valence-corrected chi connectivity index (χ3v) is 3.68. The molecule has 106 valence electrons. The highest BCUT2D eigenvalue weighted by atomic mass is 79.9. The summed E-state index contributed by atoms with van der Waals surface area (Å²) in [5.74, 6) is -0.418. The lowest BCUT2D eigenvalue weighted by Crippen LogP contribution is -2.30. The van der Waals surface area contributed by atoms with Crippen LogP contribution in [-0.4, -0.2) is 30.4 Å². The fourth-order valence-corrected chi connectivity index (χ4v) is 2.49. The van der Waals surface area contributed by atoms with Crippen LogP contribution >= 0.6 is 15.9 Å². The average Bonchev–Trinajstić information content (AvgIpc) is 2.45. The molecule has 0 saturated carbocycles. The number of ether oxygens (including phenoxy) is 2. The Hall–Kier alpha value is -1.59. The monoisotopic (exact) mass is 338 g/mol. The van der Waals surface area contributed by atoms with Crippen molar-refractivity contribution >= 4 is 32.7 Å². The Morgan fingerprint density at radius 2 is 2.05 bits per heavy atom. The molecule has 2 aromatic rings. The molecule has 2 aromatic carbocycles. The van der Waals surface area contributed by atoms with Crippen LogP contribution in [0.15, 0.2) is 40.9 Å². The molecule has 1 unspecified atom stereocenters. The Morgan fingerprint density at radius 1 is 1.30 bits per heavy atom. The van der Waals surface area contributed by atoms with Gasteiger partial charge < -0.3 is 14.6 Å². The maximum absolute atomic E-state index is 11.0. The second-order valence-corrected chi connectivity index (χ2v) is 4.99. The summed E-state index contributed by atoms with van der Waals surface area (Å²) in [6, 6.07) is 11.6. The fraction of sp³-hybridized carbons (Fsp3) is 0.267. The number of halogens is 1. The predicted molar refractivity (Wildman–Crippen MR) is 80.2 cm³/mol. The second kappa shape index (κ2) is 6.72. The summed E-state index contributed by atoms with van der Waals surface area (Å²) in [5, 5.41) is 11.1. The highest BCUT2D eigenvalue weighted by Crippen LogP contribution is 2.33. The molecule has 5 heteroatoms. The summed E-state index contributed by atoms with van der Waals surface area (Å²) < 4.78 is 11.5. The van der Waals surface area contributed by atoms with E-state index in [2.05, 4.69) is 15.9 Å². The van der Waals surface area contributed by atoms with Gasteiger partial charge in [0.15, 0.2) is 6.10 Å². The summed E-state index contributed by atoms with van der Waals surface area (Å²) >= 11 is 3.49. The van der Waals surface area contributed by atoms with Crippen LogP contribution < -0.4 is 4.74 Å². The van der Waals surface area contributed by atoms with Gasteiger partial charge in [-0.25, -0.2) is 4.79 Å². The molecule has 1 N–H and O–H groups in total. The predicted octanol–water partition coefficient (Wildman–Crippen LogP) is 3.47. The first-order chi connectivity index (χ1) is 9.63. The van der Waals surface area contributed by atoms with E-state index in [0.717, 1.165) is 15.2 Å². The van der Waals surface area contributed by atoms with Gasteiger partial charge in [-0.3, -0.25) is 0 Å². The maximum Gasteiger partial charge on any atom is 0.336 e. The molecule has 0 fully saturated rings. The Bertz CT molecular complexity index is 612. The molecule has 0 aliphatic heterocycles. The molecule has 0 spiro atoms. The molecule has 0 bridgehead atoms. The number of hydrogen-bond acceptors (Lipinski definition) is 3. The molecule has 0 radical (unpaired) electrons. The summed E-state index contributed by atoms with van der Waals surface area (Å²) in [7, 11) is 0. The van der Waals surface area contributed by atoms with Gasteiger partial charge in [-0.15, -0.1) is 0 Å². The van der Waals surface area contributed by atoms with Crippen molar-refractivity contribution in [3.8, 4) is 5.75 Å². The van der Waals surface area contributed by atoms with E-state index in [1.807, 2.05) is 36.4 Å². The molecular weight excluding hydrogens is 324 g/mol. The minimum Gasteiger partial charge on any atom is -0.489 e. The first kappa shape index (κ1) is 14.8. The van der Waals surface area contributed by atoms with E-state index in [1.54, 1.807) is 6.92 Å². The van der Waals surface area contributed by atoms with Gasteiger partial charge in [0.2, 0.25) is 0 Å². The van der Waals surface area contributed by atoms with Gasteiger partial charge in [0.05, 0.1) is 4.47 Å². The molecule has 0 heterocycles. The molecule has 20 heavy (non-hydrogen) atoms. The Balaban J connectivity index is 2.17. The number of benzene rings is 2. The van der Waals surface area contributed by atoms with E-state index >= 15 is 0 Å². The average molecular weight is 339 g/mol. The lowest BCUT2D eigenvalue weighted by Gasteiger charge is -2.15. The SMILES string of the molecule is CCOC(COc1ccc2ccccc2c1Br)C(=O)O. The van der Waals surface area contributed by atoms with E-state index in [-0.39, 0.29) is 6.61 Å². The zero-order valence-electron chi connectivity index (χ0n) is 11.0. The number of carbonyl (C=O) groups is 1. The van der Waals surface area contributed by atoms with Crippen molar-refractivity contribution < 1.29 is 19.4 Å². The van der Waals surface area contributed by atoms with E-state index in [9.17, 15) is 4.79 Å². The van der Waals surface area contributed by atoms with E-state index in [4.69, 9.17) is 14.6 Å². The van der Waals surface area contributed by atoms with Crippen LogP contribution in [0.25, 0.3) is 10.8 Å². The molecule has 0 aromatic heterocycles. The quantitative estimate of drug-likeness (QED) is 0.876. The van der Waals surface area contributed by atoms with Crippen LogP contribution in [0.2, 0.25) is 0 Å². The normalized spacial score (nSPS) is 12.3. The van der Waals surface area contributed by atoms with Crippen LogP contribution in [0.1, 0.15) is 6.92 Å². The van der Waals surface area contributed by atoms with Crippen LogP contribution in [0.4, 0.5) is 0 Å². The Kier molecular flexibility index (Phi) is 4.98. The molecule has 2 rings (SSSR count). The van der Waals surface area contributed by atoms with Gasteiger partial charge in [0.25, 0.3) is 0 Å². The zero-order chi connectivity index (χ0) is 14.5. The van der Waals surface area contributed by atoms with Crippen LogP contribution in [0.5, 0.6) is 5.75 Å². The summed E-state index contributed by atoms with van der Waals surface area (Å²) in [6.07, 6.45) is -0.960. The lowest BCUT2D eigenvalue weighted by atomic mass is 10.1. The Morgan fingerprint density at radius 3 is 2.75 bits per heavy atom. The van der Waals surface area contributed by atoms with Gasteiger partial charge in [0, 0.05) is 6.61 Å². The van der Waals surface area contributed by atoms with E-state index in [0.29, 0.717) is 12.4 Å². The third kappa shape index (κ3) is 3.29. The zero-order valence-corrected chi connectivity index (χ0v) is 12.6.